The van der Waals surface area contributed by atoms with Crippen molar-refractivity contribution >= 4 is 22.5 Å². The van der Waals surface area contributed by atoms with Crippen LogP contribution in [0.4, 0.5) is 0 Å². The second kappa shape index (κ2) is 9.67. The molecule has 5 rings (SSSR count). The summed E-state index contributed by atoms with van der Waals surface area (Å²) in [6.45, 7) is 0.814. The minimum atomic E-state index is 0.368. The van der Waals surface area contributed by atoms with Crippen LogP contribution in [0.1, 0.15) is 22.6 Å². The van der Waals surface area contributed by atoms with Gasteiger partial charge in [0.25, 0.3) is 0 Å². The molecule has 0 saturated heterocycles. The lowest BCUT2D eigenvalue weighted by Crippen LogP contribution is -2.02. The number of hydrogen-bond donors (Lipinski definition) is 1. The highest BCUT2D eigenvalue weighted by atomic mass is 35.5. The molecule has 164 valence electrons. The number of H-pyrrole nitrogens is 1. The summed E-state index contributed by atoms with van der Waals surface area (Å²) >= 11 is 6.07. The molecule has 2 heterocycles. The molecule has 0 spiro atoms. The van der Waals surface area contributed by atoms with Gasteiger partial charge in [-0.15, -0.1) is 5.10 Å². The standard InChI is InChI=1S/C25H20ClN5O2/c26-20-7-5-17-6-8-21(27-24(17)14-20)16-33-23-11-9-22(10-12-23)32-15-19-4-2-1-3-18(19)13-25-28-30-31-29-25/h1-12,14H,13,15-16H2,(H,28,29,30,31). The Bertz CT molecular complexity index is 1360. The molecule has 0 bridgehead atoms. The third-order valence-electron chi connectivity index (χ3n) is 5.18. The van der Waals surface area contributed by atoms with Crippen molar-refractivity contribution in [3.05, 3.63) is 107 Å². The highest BCUT2D eigenvalue weighted by Crippen LogP contribution is 2.22. The fourth-order valence-corrected chi connectivity index (χ4v) is 3.63. The molecule has 0 radical (unpaired) electrons. The zero-order valence-corrected chi connectivity index (χ0v) is 18.4. The van der Waals surface area contributed by atoms with Crippen molar-refractivity contribution in [3.8, 4) is 11.5 Å². The molecule has 0 amide bonds. The van der Waals surface area contributed by atoms with E-state index in [1.165, 1.54) is 0 Å². The number of aromatic nitrogens is 5. The van der Waals surface area contributed by atoms with Gasteiger partial charge in [-0.05, 0) is 64.0 Å². The number of benzene rings is 3. The molecule has 33 heavy (non-hydrogen) atoms. The molecule has 5 aromatic rings. The molecular formula is C25H20ClN5O2. The summed E-state index contributed by atoms with van der Waals surface area (Å²) in [6.07, 6.45) is 0.619. The van der Waals surface area contributed by atoms with Gasteiger partial charge < -0.3 is 9.47 Å². The number of halogens is 1. The van der Waals surface area contributed by atoms with Gasteiger partial charge in [0, 0.05) is 16.8 Å². The Kier molecular flexibility index (Phi) is 6.12. The molecule has 8 heteroatoms. The van der Waals surface area contributed by atoms with E-state index in [0.29, 0.717) is 30.5 Å². The van der Waals surface area contributed by atoms with Crippen molar-refractivity contribution in [1.82, 2.24) is 25.6 Å². The van der Waals surface area contributed by atoms with E-state index in [4.69, 9.17) is 21.1 Å². The average Bonchev–Trinajstić information content (AvgIpc) is 3.36. The Balaban J connectivity index is 1.18. The SMILES string of the molecule is Clc1ccc2ccc(COc3ccc(OCc4ccccc4Cc4nnn[nH]4)cc3)nc2c1. The predicted octanol–water partition coefficient (Wildman–Crippen LogP) is 5.15. The second-order valence-corrected chi connectivity index (χ2v) is 7.92. The number of fused-ring (bicyclic) bond motifs is 1. The Morgan fingerprint density at radius 1 is 0.788 bits per heavy atom. The molecule has 1 N–H and O–H groups in total. The van der Waals surface area contributed by atoms with Crippen molar-refractivity contribution in [2.45, 2.75) is 19.6 Å². The fourth-order valence-electron chi connectivity index (χ4n) is 3.47. The van der Waals surface area contributed by atoms with E-state index < -0.39 is 0 Å². The van der Waals surface area contributed by atoms with Crippen molar-refractivity contribution < 1.29 is 9.47 Å². The van der Waals surface area contributed by atoms with E-state index in [1.54, 1.807) is 0 Å². The van der Waals surface area contributed by atoms with Crippen LogP contribution < -0.4 is 9.47 Å². The average molecular weight is 458 g/mol. The molecular weight excluding hydrogens is 438 g/mol. The lowest BCUT2D eigenvalue weighted by Gasteiger charge is -2.11. The quantitative estimate of drug-likeness (QED) is 0.347. The van der Waals surface area contributed by atoms with Gasteiger partial charge in [-0.1, -0.05) is 48.0 Å². The molecule has 0 aliphatic heterocycles. The maximum atomic E-state index is 6.07. The van der Waals surface area contributed by atoms with Crippen LogP contribution in [0.15, 0.2) is 78.9 Å². The summed E-state index contributed by atoms with van der Waals surface area (Å²) < 4.78 is 11.9. The van der Waals surface area contributed by atoms with Crippen LogP contribution in [0.3, 0.4) is 0 Å². The third-order valence-corrected chi connectivity index (χ3v) is 5.42. The maximum absolute atomic E-state index is 6.07. The highest BCUT2D eigenvalue weighted by Gasteiger charge is 2.07. The van der Waals surface area contributed by atoms with E-state index in [1.807, 2.05) is 78.9 Å². The zero-order chi connectivity index (χ0) is 22.5. The van der Waals surface area contributed by atoms with Crippen LogP contribution >= 0.6 is 11.6 Å². The zero-order valence-electron chi connectivity index (χ0n) is 17.6. The predicted molar refractivity (Wildman–Crippen MR) is 125 cm³/mol. The number of hydrogen-bond acceptors (Lipinski definition) is 6. The van der Waals surface area contributed by atoms with E-state index in [-0.39, 0.29) is 0 Å². The largest absolute Gasteiger partial charge is 0.489 e. The lowest BCUT2D eigenvalue weighted by atomic mass is 10.1. The Morgan fingerprint density at radius 2 is 1.52 bits per heavy atom. The topological polar surface area (TPSA) is 85.8 Å². The molecule has 0 fully saturated rings. The Hall–Kier alpha value is -3.97. The van der Waals surface area contributed by atoms with E-state index in [0.717, 1.165) is 39.2 Å². The van der Waals surface area contributed by atoms with Gasteiger partial charge in [-0.2, -0.15) is 0 Å². The smallest absolute Gasteiger partial charge is 0.152 e. The van der Waals surface area contributed by atoms with Crippen molar-refractivity contribution in [3.63, 3.8) is 0 Å². The number of nitrogens with one attached hydrogen (secondary N) is 1. The fraction of sp³-hybridized carbons (Fsp3) is 0.120. The van der Waals surface area contributed by atoms with E-state index in [2.05, 4.69) is 25.6 Å². The third kappa shape index (κ3) is 5.27. The number of rotatable bonds is 8. The first-order valence-electron chi connectivity index (χ1n) is 10.4. The van der Waals surface area contributed by atoms with Crippen LogP contribution in [0.2, 0.25) is 5.02 Å². The minimum absolute atomic E-state index is 0.368. The first-order valence-corrected chi connectivity index (χ1v) is 10.8. The van der Waals surface area contributed by atoms with Gasteiger partial charge in [-0.3, -0.25) is 0 Å². The molecule has 0 atom stereocenters. The number of tetrazole rings is 1. The minimum Gasteiger partial charge on any atom is -0.489 e. The molecule has 3 aromatic carbocycles. The Morgan fingerprint density at radius 3 is 2.27 bits per heavy atom. The van der Waals surface area contributed by atoms with Gasteiger partial charge in [0.2, 0.25) is 0 Å². The van der Waals surface area contributed by atoms with Crippen molar-refractivity contribution in [2.24, 2.45) is 0 Å². The monoisotopic (exact) mass is 457 g/mol. The van der Waals surface area contributed by atoms with Crippen LogP contribution in [-0.2, 0) is 19.6 Å². The van der Waals surface area contributed by atoms with Crippen molar-refractivity contribution in [2.75, 3.05) is 0 Å². The number of pyridine rings is 1. The number of nitrogens with zero attached hydrogens (tertiary/aromatic N) is 4. The van der Waals surface area contributed by atoms with Gasteiger partial charge in [-0.25, -0.2) is 10.1 Å². The first-order chi connectivity index (χ1) is 16.2. The molecule has 0 unspecified atom stereocenters. The molecule has 2 aromatic heterocycles. The van der Waals surface area contributed by atoms with E-state index in [9.17, 15) is 0 Å². The number of ether oxygens (including phenoxy) is 2. The van der Waals surface area contributed by atoms with Gasteiger partial charge in [0.1, 0.15) is 24.7 Å². The lowest BCUT2D eigenvalue weighted by molar-refractivity contribution is 0.294. The summed E-state index contributed by atoms with van der Waals surface area (Å²) in [4.78, 5) is 4.62. The van der Waals surface area contributed by atoms with Crippen LogP contribution in [-0.4, -0.2) is 25.6 Å². The van der Waals surface area contributed by atoms with Crippen LogP contribution in [0, 0.1) is 0 Å². The normalized spacial score (nSPS) is 10.9. The summed E-state index contributed by atoms with van der Waals surface area (Å²) in [7, 11) is 0. The maximum Gasteiger partial charge on any atom is 0.152 e. The van der Waals surface area contributed by atoms with Gasteiger partial charge in [0.15, 0.2) is 5.82 Å². The summed E-state index contributed by atoms with van der Waals surface area (Å²) in [6, 6.07) is 25.3. The molecule has 0 aliphatic rings. The first kappa shape index (κ1) is 20.9. The van der Waals surface area contributed by atoms with Gasteiger partial charge >= 0.3 is 0 Å². The molecule has 0 saturated carbocycles. The van der Waals surface area contributed by atoms with E-state index >= 15 is 0 Å². The second-order valence-electron chi connectivity index (χ2n) is 7.48. The molecule has 7 nitrogen and oxygen atoms in total. The summed E-state index contributed by atoms with van der Waals surface area (Å²) in [5, 5.41) is 15.7. The molecule has 0 aliphatic carbocycles. The van der Waals surface area contributed by atoms with Crippen LogP contribution in [0.25, 0.3) is 10.9 Å². The Labute approximate surface area is 195 Å². The number of aromatic amines is 1. The van der Waals surface area contributed by atoms with Gasteiger partial charge in [0.05, 0.1) is 11.2 Å². The van der Waals surface area contributed by atoms with Crippen LogP contribution in [0.5, 0.6) is 11.5 Å². The van der Waals surface area contributed by atoms with Crippen molar-refractivity contribution in [1.29, 1.82) is 0 Å². The summed E-state index contributed by atoms with van der Waals surface area (Å²) in [5.74, 6) is 2.22. The highest BCUT2D eigenvalue weighted by molar-refractivity contribution is 6.31. The summed E-state index contributed by atoms with van der Waals surface area (Å²) in [5.41, 5.74) is 3.88.